The van der Waals surface area contributed by atoms with Crippen LogP contribution in [-0.4, -0.2) is 37.1 Å². The van der Waals surface area contributed by atoms with Crippen molar-refractivity contribution >= 4 is 0 Å². The molecule has 2 heteroatoms. The SMILES string of the molecule is CC1CCC(C)C(NCC2(N(C)C)CCCC2)C1. The second kappa shape index (κ2) is 5.92. The fraction of sp³-hybridized carbons (Fsp3) is 1.00. The van der Waals surface area contributed by atoms with Gasteiger partial charge in [-0.05, 0) is 51.6 Å². The highest BCUT2D eigenvalue weighted by Gasteiger charge is 2.37. The van der Waals surface area contributed by atoms with E-state index in [4.69, 9.17) is 0 Å². The molecule has 0 spiro atoms. The van der Waals surface area contributed by atoms with Crippen LogP contribution in [0.5, 0.6) is 0 Å². The smallest absolute Gasteiger partial charge is 0.0327 e. The maximum Gasteiger partial charge on any atom is 0.0327 e. The van der Waals surface area contributed by atoms with Gasteiger partial charge in [0.1, 0.15) is 0 Å². The third-order valence-corrected chi connectivity index (χ3v) is 5.63. The number of likely N-dealkylation sites (N-methyl/N-ethyl adjacent to an activating group) is 1. The summed E-state index contributed by atoms with van der Waals surface area (Å²) >= 11 is 0. The van der Waals surface area contributed by atoms with Crippen LogP contribution >= 0.6 is 0 Å². The summed E-state index contributed by atoms with van der Waals surface area (Å²) in [7, 11) is 4.53. The van der Waals surface area contributed by atoms with Gasteiger partial charge < -0.3 is 10.2 Å². The average Bonchev–Trinajstić information content (AvgIpc) is 2.80. The van der Waals surface area contributed by atoms with Crippen LogP contribution in [0.3, 0.4) is 0 Å². The second-order valence-electron chi connectivity index (χ2n) is 7.21. The quantitative estimate of drug-likeness (QED) is 0.826. The van der Waals surface area contributed by atoms with E-state index in [0.29, 0.717) is 5.54 Å². The third kappa shape index (κ3) is 3.08. The van der Waals surface area contributed by atoms with Crippen LogP contribution < -0.4 is 5.32 Å². The molecular weight excluding hydrogens is 220 g/mol. The molecule has 0 radical (unpaired) electrons. The molecule has 0 aromatic rings. The molecule has 3 atom stereocenters. The van der Waals surface area contributed by atoms with Crippen molar-refractivity contribution in [3.8, 4) is 0 Å². The zero-order chi connectivity index (χ0) is 13.2. The van der Waals surface area contributed by atoms with Crippen LogP contribution in [0, 0.1) is 11.8 Å². The predicted molar refractivity (Wildman–Crippen MR) is 78.9 cm³/mol. The summed E-state index contributed by atoms with van der Waals surface area (Å²) in [5.74, 6) is 1.78. The van der Waals surface area contributed by atoms with Gasteiger partial charge in [-0.3, -0.25) is 0 Å². The lowest BCUT2D eigenvalue weighted by molar-refractivity contribution is 0.132. The Balaban J connectivity index is 1.89. The lowest BCUT2D eigenvalue weighted by atomic mass is 9.79. The van der Waals surface area contributed by atoms with E-state index in [1.165, 1.54) is 51.5 Å². The fourth-order valence-electron chi connectivity index (χ4n) is 3.95. The molecule has 0 bridgehead atoms. The van der Waals surface area contributed by atoms with Crippen LogP contribution in [-0.2, 0) is 0 Å². The van der Waals surface area contributed by atoms with Gasteiger partial charge in [-0.1, -0.05) is 33.1 Å². The largest absolute Gasteiger partial charge is 0.312 e. The molecule has 1 N–H and O–H groups in total. The first-order chi connectivity index (χ1) is 8.53. The topological polar surface area (TPSA) is 15.3 Å². The van der Waals surface area contributed by atoms with E-state index in [0.717, 1.165) is 17.9 Å². The predicted octanol–water partition coefficient (Wildman–Crippen LogP) is 3.28. The molecule has 0 aromatic heterocycles. The standard InChI is InChI=1S/C16H32N2/c1-13-7-8-14(2)15(11-13)17-12-16(18(3)4)9-5-6-10-16/h13-15,17H,5-12H2,1-4H3. The van der Waals surface area contributed by atoms with Gasteiger partial charge in [0, 0.05) is 18.1 Å². The molecule has 2 rings (SSSR count). The maximum atomic E-state index is 3.92. The van der Waals surface area contributed by atoms with Crippen LogP contribution in [0.2, 0.25) is 0 Å². The van der Waals surface area contributed by atoms with Gasteiger partial charge in [0.2, 0.25) is 0 Å². The average molecular weight is 252 g/mol. The highest BCUT2D eigenvalue weighted by molar-refractivity contribution is 4.96. The van der Waals surface area contributed by atoms with Gasteiger partial charge in [-0.2, -0.15) is 0 Å². The molecule has 0 aromatic carbocycles. The highest BCUT2D eigenvalue weighted by atomic mass is 15.2. The zero-order valence-corrected chi connectivity index (χ0v) is 12.8. The van der Waals surface area contributed by atoms with Gasteiger partial charge in [0.25, 0.3) is 0 Å². The number of hydrogen-bond acceptors (Lipinski definition) is 2. The molecule has 18 heavy (non-hydrogen) atoms. The zero-order valence-electron chi connectivity index (χ0n) is 12.8. The Hall–Kier alpha value is -0.0800. The van der Waals surface area contributed by atoms with E-state index in [1.807, 2.05) is 0 Å². The van der Waals surface area contributed by atoms with Gasteiger partial charge in [-0.25, -0.2) is 0 Å². The van der Waals surface area contributed by atoms with Crippen LogP contribution in [0.15, 0.2) is 0 Å². The molecular formula is C16H32N2. The van der Waals surface area contributed by atoms with Crippen molar-refractivity contribution in [1.82, 2.24) is 10.2 Å². The molecule has 3 unspecified atom stereocenters. The molecule has 106 valence electrons. The number of rotatable bonds is 4. The Morgan fingerprint density at radius 3 is 2.39 bits per heavy atom. The van der Waals surface area contributed by atoms with E-state index in [2.05, 4.69) is 38.2 Å². The first kappa shape index (κ1) is 14.3. The Morgan fingerprint density at radius 1 is 1.11 bits per heavy atom. The van der Waals surface area contributed by atoms with Crippen molar-refractivity contribution in [2.24, 2.45) is 11.8 Å². The molecule has 2 fully saturated rings. The number of hydrogen-bond donors (Lipinski definition) is 1. The lowest BCUT2D eigenvalue weighted by Crippen LogP contribution is -2.53. The van der Waals surface area contributed by atoms with Crippen LogP contribution in [0.4, 0.5) is 0 Å². The third-order valence-electron chi connectivity index (χ3n) is 5.63. The lowest BCUT2D eigenvalue weighted by Gasteiger charge is -2.40. The highest BCUT2D eigenvalue weighted by Crippen LogP contribution is 2.34. The van der Waals surface area contributed by atoms with E-state index < -0.39 is 0 Å². The van der Waals surface area contributed by atoms with Gasteiger partial charge in [0.15, 0.2) is 0 Å². The number of nitrogens with zero attached hydrogens (tertiary/aromatic N) is 1. The minimum Gasteiger partial charge on any atom is -0.312 e. The van der Waals surface area contributed by atoms with Gasteiger partial charge >= 0.3 is 0 Å². The summed E-state index contributed by atoms with van der Waals surface area (Å²) in [6.07, 6.45) is 9.80. The summed E-state index contributed by atoms with van der Waals surface area (Å²) in [6.45, 7) is 6.04. The van der Waals surface area contributed by atoms with Gasteiger partial charge in [0.05, 0.1) is 0 Å². The number of nitrogens with one attached hydrogen (secondary N) is 1. The first-order valence-corrected chi connectivity index (χ1v) is 7.94. The summed E-state index contributed by atoms with van der Waals surface area (Å²) < 4.78 is 0. The van der Waals surface area contributed by atoms with E-state index in [1.54, 1.807) is 0 Å². The van der Waals surface area contributed by atoms with Crippen molar-refractivity contribution in [3.63, 3.8) is 0 Å². The summed E-state index contributed by atoms with van der Waals surface area (Å²) in [6, 6.07) is 0.756. The minimum atomic E-state index is 0.445. The summed E-state index contributed by atoms with van der Waals surface area (Å²) in [4.78, 5) is 2.48. The Labute approximate surface area is 114 Å². The van der Waals surface area contributed by atoms with Crippen LogP contribution in [0.25, 0.3) is 0 Å². The Morgan fingerprint density at radius 2 is 1.78 bits per heavy atom. The molecule has 0 amide bonds. The van der Waals surface area contributed by atoms with Crippen molar-refractivity contribution in [1.29, 1.82) is 0 Å². The Bertz CT molecular complexity index is 256. The molecule has 2 aliphatic rings. The second-order valence-corrected chi connectivity index (χ2v) is 7.21. The molecule has 0 aliphatic heterocycles. The first-order valence-electron chi connectivity index (χ1n) is 7.94. The monoisotopic (exact) mass is 252 g/mol. The molecule has 2 nitrogen and oxygen atoms in total. The normalized spacial score (nSPS) is 36.2. The van der Waals surface area contributed by atoms with Crippen molar-refractivity contribution < 1.29 is 0 Å². The summed E-state index contributed by atoms with van der Waals surface area (Å²) in [5.41, 5.74) is 0.445. The maximum absolute atomic E-state index is 3.92. The molecule has 2 aliphatic carbocycles. The fourth-order valence-corrected chi connectivity index (χ4v) is 3.95. The Kier molecular flexibility index (Phi) is 4.71. The van der Waals surface area contributed by atoms with E-state index in [-0.39, 0.29) is 0 Å². The van der Waals surface area contributed by atoms with E-state index in [9.17, 15) is 0 Å². The van der Waals surface area contributed by atoms with Crippen molar-refractivity contribution in [3.05, 3.63) is 0 Å². The van der Waals surface area contributed by atoms with Crippen molar-refractivity contribution in [2.75, 3.05) is 20.6 Å². The molecule has 2 saturated carbocycles. The van der Waals surface area contributed by atoms with Crippen LogP contribution in [0.1, 0.15) is 58.8 Å². The molecule has 0 saturated heterocycles. The van der Waals surface area contributed by atoms with Gasteiger partial charge in [-0.15, -0.1) is 0 Å². The minimum absolute atomic E-state index is 0.445. The van der Waals surface area contributed by atoms with E-state index >= 15 is 0 Å². The summed E-state index contributed by atoms with van der Waals surface area (Å²) in [5, 5.41) is 3.92. The van der Waals surface area contributed by atoms with Crippen molar-refractivity contribution in [2.45, 2.75) is 70.4 Å². The molecule has 0 heterocycles.